The molecule has 1 amide bonds. The number of carbonyl (C=O) groups excluding carboxylic acids is 1. The van der Waals surface area contributed by atoms with Crippen LogP contribution >= 0.6 is 11.3 Å². The molecule has 1 aromatic heterocycles. The Morgan fingerprint density at radius 3 is 3.05 bits per heavy atom. The Balaban J connectivity index is 1.88. The summed E-state index contributed by atoms with van der Waals surface area (Å²) in [6.07, 6.45) is 1.63. The molecule has 0 unspecified atom stereocenters. The van der Waals surface area contributed by atoms with Gasteiger partial charge in [-0.05, 0) is 24.3 Å². The lowest BCUT2D eigenvalue weighted by molar-refractivity contribution is -0.127. The summed E-state index contributed by atoms with van der Waals surface area (Å²) in [7, 11) is 0. The summed E-state index contributed by atoms with van der Waals surface area (Å²) in [4.78, 5) is 13.1. The molecule has 2 heterocycles. The van der Waals surface area contributed by atoms with Gasteiger partial charge in [-0.2, -0.15) is 0 Å². The monoisotopic (exact) mass is 278 g/mol. The highest BCUT2D eigenvalue weighted by atomic mass is 32.1. The van der Waals surface area contributed by atoms with Gasteiger partial charge < -0.3 is 15.8 Å². The number of hydrogen-bond acceptors (Lipinski definition) is 4. The van der Waals surface area contributed by atoms with Crippen molar-refractivity contribution >= 4 is 17.2 Å². The number of amides is 1. The maximum absolute atomic E-state index is 12.0. The van der Waals surface area contributed by atoms with Crippen LogP contribution in [0.1, 0.15) is 23.3 Å². The molecule has 0 saturated carbocycles. The second-order valence-electron chi connectivity index (χ2n) is 4.37. The van der Waals surface area contributed by atoms with Crippen molar-refractivity contribution in [2.75, 3.05) is 19.8 Å². The van der Waals surface area contributed by atoms with Crippen LogP contribution in [0, 0.1) is 17.8 Å². The van der Waals surface area contributed by atoms with Gasteiger partial charge in [0.25, 0.3) is 0 Å². The number of hydrogen-bond donors (Lipinski definition) is 2. The van der Waals surface area contributed by atoms with Crippen LogP contribution in [-0.4, -0.2) is 25.7 Å². The highest BCUT2D eigenvalue weighted by Crippen LogP contribution is 2.17. The minimum atomic E-state index is 0.0901. The predicted octanol–water partition coefficient (Wildman–Crippen LogP) is 1.10. The third-order valence-electron chi connectivity index (χ3n) is 3.09. The second-order valence-corrected chi connectivity index (χ2v) is 5.37. The molecule has 1 aromatic rings. The largest absolute Gasteiger partial charge is 0.381 e. The van der Waals surface area contributed by atoms with Gasteiger partial charge >= 0.3 is 0 Å². The molecule has 0 atom stereocenters. The van der Waals surface area contributed by atoms with Gasteiger partial charge in [0.05, 0.1) is 13.1 Å². The van der Waals surface area contributed by atoms with Gasteiger partial charge in [0.15, 0.2) is 0 Å². The van der Waals surface area contributed by atoms with Crippen LogP contribution in [0.4, 0.5) is 0 Å². The summed E-state index contributed by atoms with van der Waals surface area (Å²) in [5, 5.41) is 4.97. The van der Waals surface area contributed by atoms with Gasteiger partial charge in [-0.1, -0.05) is 11.8 Å². The van der Waals surface area contributed by atoms with E-state index in [4.69, 9.17) is 10.5 Å². The Morgan fingerprint density at radius 2 is 2.32 bits per heavy atom. The SMILES string of the molecule is NCC#Cc1ccsc1CNC(=O)C1CCOCC1. The van der Waals surface area contributed by atoms with Gasteiger partial charge in [0.2, 0.25) is 5.91 Å². The van der Waals surface area contributed by atoms with Crippen LogP contribution in [0.25, 0.3) is 0 Å². The van der Waals surface area contributed by atoms with E-state index in [9.17, 15) is 4.79 Å². The fourth-order valence-corrected chi connectivity index (χ4v) is 2.78. The Hall–Kier alpha value is -1.35. The van der Waals surface area contributed by atoms with Crippen molar-refractivity contribution < 1.29 is 9.53 Å². The van der Waals surface area contributed by atoms with Crippen LogP contribution in [-0.2, 0) is 16.1 Å². The molecule has 1 fully saturated rings. The average molecular weight is 278 g/mol. The van der Waals surface area contributed by atoms with Gasteiger partial charge in [-0.25, -0.2) is 0 Å². The summed E-state index contributed by atoms with van der Waals surface area (Å²) >= 11 is 1.61. The van der Waals surface area contributed by atoms with Gasteiger partial charge in [0.1, 0.15) is 0 Å². The first-order valence-corrected chi connectivity index (χ1v) is 7.30. The molecule has 4 nitrogen and oxygen atoms in total. The predicted molar refractivity (Wildman–Crippen MR) is 75.6 cm³/mol. The van der Waals surface area contributed by atoms with E-state index in [1.807, 2.05) is 11.4 Å². The normalized spacial score (nSPS) is 15.6. The van der Waals surface area contributed by atoms with Gasteiger partial charge in [-0.3, -0.25) is 4.79 Å². The lowest BCUT2D eigenvalue weighted by Crippen LogP contribution is -2.33. The summed E-state index contributed by atoms with van der Waals surface area (Å²) < 4.78 is 5.26. The number of ether oxygens (including phenoxy) is 1. The topological polar surface area (TPSA) is 64.3 Å². The zero-order valence-electron chi connectivity index (χ0n) is 10.8. The Morgan fingerprint density at radius 1 is 1.53 bits per heavy atom. The fourth-order valence-electron chi connectivity index (χ4n) is 2.01. The highest BCUT2D eigenvalue weighted by molar-refractivity contribution is 7.10. The first-order valence-electron chi connectivity index (χ1n) is 6.42. The van der Waals surface area contributed by atoms with Crippen molar-refractivity contribution in [3.8, 4) is 11.8 Å². The molecule has 1 saturated heterocycles. The fraction of sp³-hybridized carbons (Fsp3) is 0.500. The highest BCUT2D eigenvalue weighted by Gasteiger charge is 2.21. The summed E-state index contributed by atoms with van der Waals surface area (Å²) in [6, 6.07) is 1.96. The van der Waals surface area contributed by atoms with Crippen LogP contribution < -0.4 is 11.1 Å². The van der Waals surface area contributed by atoms with Crippen molar-refractivity contribution in [2.45, 2.75) is 19.4 Å². The van der Waals surface area contributed by atoms with E-state index >= 15 is 0 Å². The molecule has 102 valence electrons. The van der Waals surface area contributed by atoms with Crippen LogP contribution in [0.5, 0.6) is 0 Å². The van der Waals surface area contributed by atoms with Gasteiger partial charge in [-0.15, -0.1) is 11.3 Å². The van der Waals surface area contributed by atoms with Crippen molar-refractivity contribution in [1.29, 1.82) is 0 Å². The molecular formula is C14H18N2O2S. The van der Waals surface area contributed by atoms with E-state index in [1.165, 1.54) is 0 Å². The molecule has 0 aliphatic carbocycles. The third kappa shape index (κ3) is 4.06. The number of nitrogens with one attached hydrogen (secondary N) is 1. The first-order chi connectivity index (χ1) is 9.31. The van der Waals surface area contributed by atoms with E-state index < -0.39 is 0 Å². The van der Waals surface area contributed by atoms with E-state index in [0.717, 1.165) is 23.3 Å². The van der Waals surface area contributed by atoms with E-state index in [2.05, 4.69) is 17.2 Å². The lowest BCUT2D eigenvalue weighted by Gasteiger charge is -2.21. The zero-order chi connectivity index (χ0) is 13.5. The quantitative estimate of drug-likeness (QED) is 0.814. The molecule has 19 heavy (non-hydrogen) atoms. The van der Waals surface area contributed by atoms with Crippen molar-refractivity contribution in [3.05, 3.63) is 21.9 Å². The minimum Gasteiger partial charge on any atom is -0.381 e. The van der Waals surface area contributed by atoms with E-state index in [1.54, 1.807) is 11.3 Å². The molecule has 0 bridgehead atoms. The number of rotatable bonds is 3. The van der Waals surface area contributed by atoms with Gasteiger partial charge in [0, 0.05) is 29.6 Å². The molecular weight excluding hydrogens is 260 g/mol. The number of thiophene rings is 1. The number of carbonyl (C=O) groups is 1. The molecule has 0 radical (unpaired) electrons. The van der Waals surface area contributed by atoms with Crippen LogP contribution in [0.3, 0.4) is 0 Å². The maximum atomic E-state index is 12.0. The molecule has 0 aromatic carbocycles. The Labute approximate surface area is 117 Å². The van der Waals surface area contributed by atoms with E-state index in [-0.39, 0.29) is 11.8 Å². The molecule has 1 aliphatic rings. The smallest absolute Gasteiger partial charge is 0.223 e. The number of nitrogens with two attached hydrogens (primary N) is 1. The Bertz CT molecular complexity index is 481. The van der Waals surface area contributed by atoms with E-state index in [0.29, 0.717) is 26.3 Å². The first kappa shape index (κ1) is 14.1. The zero-order valence-corrected chi connectivity index (χ0v) is 11.6. The standard InChI is InChI=1S/C14H18N2O2S/c15-6-1-2-11-5-9-19-13(11)10-16-14(17)12-3-7-18-8-4-12/h5,9,12H,3-4,6-8,10,15H2,(H,16,17). The summed E-state index contributed by atoms with van der Waals surface area (Å²) in [5.41, 5.74) is 6.32. The van der Waals surface area contributed by atoms with Crippen LogP contribution in [0.15, 0.2) is 11.4 Å². The summed E-state index contributed by atoms with van der Waals surface area (Å²) in [6.45, 7) is 2.26. The average Bonchev–Trinajstić information content (AvgIpc) is 2.91. The molecule has 5 heteroatoms. The van der Waals surface area contributed by atoms with Crippen LogP contribution in [0.2, 0.25) is 0 Å². The van der Waals surface area contributed by atoms with Crippen molar-refractivity contribution in [3.63, 3.8) is 0 Å². The molecule has 3 N–H and O–H groups in total. The third-order valence-corrected chi connectivity index (χ3v) is 4.01. The van der Waals surface area contributed by atoms with Crippen molar-refractivity contribution in [1.82, 2.24) is 5.32 Å². The minimum absolute atomic E-state index is 0.0901. The maximum Gasteiger partial charge on any atom is 0.223 e. The second kappa shape index (κ2) is 7.29. The lowest BCUT2D eigenvalue weighted by atomic mass is 9.99. The Kier molecular flexibility index (Phi) is 5.40. The molecule has 2 rings (SSSR count). The van der Waals surface area contributed by atoms with Crippen molar-refractivity contribution in [2.24, 2.45) is 11.7 Å². The summed E-state index contributed by atoms with van der Waals surface area (Å²) in [5.74, 6) is 6.07. The molecule has 0 spiro atoms. The molecule has 1 aliphatic heterocycles.